The summed E-state index contributed by atoms with van der Waals surface area (Å²) in [6.07, 6.45) is 6.02. The Balaban J connectivity index is 0. The van der Waals surface area contributed by atoms with Crippen LogP contribution in [0.4, 0.5) is 0 Å². The van der Waals surface area contributed by atoms with Crippen LogP contribution in [-0.4, -0.2) is 18.1 Å². The Morgan fingerprint density at radius 3 is 2.44 bits per heavy atom. The molecular weight excluding hydrogens is 204 g/mol. The van der Waals surface area contributed by atoms with E-state index in [1.807, 2.05) is 6.92 Å². The van der Waals surface area contributed by atoms with Gasteiger partial charge in [-0.2, -0.15) is 0 Å². The third-order valence-electron chi connectivity index (χ3n) is 2.37. The van der Waals surface area contributed by atoms with Crippen molar-refractivity contribution in [2.45, 2.75) is 53.4 Å². The zero-order valence-corrected chi connectivity index (χ0v) is 11.0. The highest BCUT2D eigenvalue weighted by Crippen LogP contribution is 2.11. The van der Waals surface area contributed by atoms with Gasteiger partial charge in [-0.25, -0.2) is 0 Å². The number of hydrogen-bond donors (Lipinski definition) is 0. The van der Waals surface area contributed by atoms with Gasteiger partial charge in [0.2, 0.25) is 0 Å². The van der Waals surface area contributed by atoms with Gasteiger partial charge < -0.3 is 10.2 Å². The molecule has 0 aliphatic carbocycles. The van der Waals surface area contributed by atoms with Gasteiger partial charge in [0.1, 0.15) is 0 Å². The van der Waals surface area contributed by atoms with Crippen molar-refractivity contribution >= 4 is 5.97 Å². The second kappa shape index (κ2) is 10.7. The van der Waals surface area contributed by atoms with Gasteiger partial charge in [-0.1, -0.05) is 25.5 Å². The number of rotatable bonds is 7. The van der Waals surface area contributed by atoms with E-state index >= 15 is 0 Å². The molecule has 0 radical (unpaired) electrons. The third kappa shape index (κ3) is 11.2. The van der Waals surface area contributed by atoms with Crippen LogP contribution in [0.15, 0.2) is 11.6 Å². The van der Waals surface area contributed by atoms with E-state index in [2.05, 4.69) is 26.8 Å². The lowest BCUT2D eigenvalue weighted by molar-refractivity contribution is -0.143. The maximum atomic E-state index is 10.9. The first-order chi connectivity index (χ1) is 7.06. The van der Waals surface area contributed by atoms with Gasteiger partial charge >= 0.3 is 5.97 Å². The zero-order chi connectivity index (χ0) is 11.7. The average molecular weight is 230 g/mol. The van der Waals surface area contributed by atoms with E-state index in [-0.39, 0.29) is 11.4 Å². The molecule has 0 fully saturated rings. The third-order valence-corrected chi connectivity index (χ3v) is 2.37. The Morgan fingerprint density at radius 2 is 1.94 bits per heavy atom. The molecule has 0 rings (SSSR count). The van der Waals surface area contributed by atoms with E-state index in [0.29, 0.717) is 18.9 Å². The number of ether oxygens (including phenoxy) is 1. The predicted octanol–water partition coefficient (Wildman–Crippen LogP) is 2.89. The fourth-order valence-electron chi connectivity index (χ4n) is 1.28. The number of carbonyl (C=O) groups excluding carboxylic acids is 1. The van der Waals surface area contributed by atoms with Gasteiger partial charge in [-0.15, -0.1) is 0 Å². The van der Waals surface area contributed by atoms with Gasteiger partial charge in [0.25, 0.3) is 0 Å². The maximum Gasteiger partial charge on any atom is 0.305 e. The standard InChI is InChI=1S/C13H24O2.H2O/c1-5-13(14)15-10-9-12(4)8-6-7-11(2)3;/h7,12H,5-6,8-10H2,1-4H3;1H2. The Kier molecular flexibility index (Phi) is 11.7. The molecule has 3 nitrogen and oxygen atoms in total. The summed E-state index contributed by atoms with van der Waals surface area (Å²) in [5.74, 6) is 0.539. The lowest BCUT2D eigenvalue weighted by Crippen LogP contribution is -2.07. The van der Waals surface area contributed by atoms with E-state index in [4.69, 9.17) is 4.74 Å². The highest BCUT2D eigenvalue weighted by molar-refractivity contribution is 5.68. The van der Waals surface area contributed by atoms with E-state index in [9.17, 15) is 4.79 Å². The van der Waals surface area contributed by atoms with Crippen molar-refractivity contribution in [3.05, 3.63) is 11.6 Å². The summed E-state index contributed by atoms with van der Waals surface area (Å²) in [7, 11) is 0. The fraction of sp³-hybridized carbons (Fsp3) is 0.769. The number of carbonyl (C=O) groups is 1. The molecular formula is C13H26O3. The summed E-state index contributed by atoms with van der Waals surface area (Å²) in [4.78, 5) is 10.9. The molecule has 0 aliphatic heterocycles. The Labute approximate surface area is 99.2 Å². The Hall–Kier alpha value is -0.830. The van der Waals surface area contributed by atoms with Gasteiger partial charge in [-0.05, 0) is 39.0 Å². The maximum absolute atomic E-state index is 10.9. The smallest absolute Gasteiger partial charge is 0.305 e. The van der Waals surface area contributed by atoms with Crippen LogP contribution in [-0.2, 0) is 9.53 Å². The summed E-state index contributed by atoms with van der Waals surface area (Å²) < 4.78 is 5.03. The van der Waals surface area contributed by atoms with Crippen LogP contribution in [0, 0.1) is 5.92 Å². The minimum absolute atomic E-state index is 0. The van der Waals surface area contributed by atoms with Crippen molar-refractivity contribution < 1.29 is 15.0 Å². The molecule has 0 bridgehead atoms. The minimum Gasteiger partial charge on any atom is -0.466 e. The molecule has 0 aromatic heterocycles. The van der Waals surface area contributed by atoms with Crippen LogP contribution in [0.3, 0.4) is 0 Å². The van der Waals surface area contributed by atoms with Crippen molar-refractivity contribution in [2.75, 3.05) is 6.61 Å². The summed E-state index contributed by atoms with van der Waals surface area (Å²) in [6, 6.07) is 0. The summed E-state index contributed by atoms with van der Waals surface area (Å²) in [5, 5.41) is 0. The average Bonchev–Trinajstić information content (AvgIpc) is 2.17. The van der Waals surface area contributed by atoms with Crippen LogP contribution in [0.1, 0.15) is 53.4 Å². The molecule has 0 amide bonds. The van der Waals surface area contributed by atoms with Crippen LogP contribution in [0.2, 0.25) is 0 Å². The lowest BCUT2D eigenvalue weighted by Gasteiger charge is -2.10. The van der Waals surface area contributed by atoms with Crippen LogP contribution < -0.4 is 0 Å². The first-order valence-corrected chi connectivity index (χ1v) is 5.85. The van der Waals surface area contributed by atoms with Crippen LogP contribution >= 0.6 is 0 Å². The highest BCUT2D eigenvalue weighted by atomic mass is 16.5. The van der Waals surface area contributed by atoms with Crippen LogP contribution in [0.25, 0.3) is 0 Å². The molecule has 0 aromatic rings. The van der Waals surface area contributed by atoms with Crippen molar-refractivity contribution in [3.8, 4) is 0 Å². The molecule has 0 aliphatic rings. The minimum atomic E-state index is -0.0912. The van der Waals surface area contributed by atoms with Gasteiger partial charge in [0.05, 0.1) is 6.61 Å². The molecule has 0 saturated heterocycles. The van der Waals surface area contributed by atoms with E-state index in [0.717, 1.165) is 12.8 Å². The van der Waals surface area contributed by atoms with E-state index in [1.54, 1.807) is 0 Å². The number of esters is 1. The van der Waals surface area contributed by atoms with Crippen molar-refractivity contribution in [1.29, 1.82) is 0 Å². The van der Waals surface area contributed by atoms with E-state index in [1.165, 1.54) is 12.0 Å². The van der Waals surface area contributed by atoms with Crippen LogP contribution in [0.5, 0.6) is 0 Å². The number of allylic oxidation sites excluding steroid dienone is 2. The topological polar surface area (TPSA) is 57.8 Å². The molecule has 16 heavy (non-hydrogen) atoms. The molecule has 0 heterocycles. The molecule has 0 saturated carbocycles. The summed E-state index contributed by atoms with van der Waals surface area (Å²) >= 11 is 0. The zero-order valence-electron chi connectivity index (χ0n) is 11.0. The highest BCUT2D eigenvalue weighted by Gasteiger charge is 2.03. The molecule has 96 valence electrons. The molecule has 0 aromatic carbocycles. The monoisotopic (exact) mass is 230 g/mol. The molecule has 2 N–H and O–H groups in total. The van der Waals surface area contributed by atoms with Crippen molar-refractivity contribution in [2.24, 2.45) is 5.92 Å². The number of hydrogen-bond acceptors (Lipinski definition) is 2. The second-order valence-electron chi connectivity index (χ2n) is 4.33. The van der Waals surface area contributed by atoms with Gasteiger partial charge in [-0.3, -0.25) is 4.79 Å². The Bertz CT molecular complexity index is 205. The second-order valence-corrected chi connectivity index (χ2v) is 4.33. The quantitative estimate of drug-likeness (QED) is 0.499. The predicted molar refractivity (Wildman–Crippen MR) is 67.3 cm³/mol. The molecule has 0 spiro atoms. The van der Waals surface area contributed by atoms with Gasteiger partial charge in [0.15, 0.2) is 0 Å². The van der Waals surface area contributed by atoms with Crippen molar-refractivity contribution in [1.82, 2.24) is 0 Å². The first kappa shape index (κ1) is 17.6. The SMILES string of the molecule is CCC(=O)OCCC(C)CCC=C(C)C.O. The summed E-state index contributed by atoms with van der Waals surface area (Å²) in [5.41, 5.74) is 1.37. The molecule has 1 atom stereocenters. The molecule has 1 unspecified atom stereocenters. The lowest BCUT2D eigenvalue weighted by atomic mass is 10.0. The fourth-order valence-corrected chi connectivity index (χ4v) is 1.28. The normalized spacial score (nSPS) is 11.2. The summed E-state index contributed by atoms with van der Waals surface area (Å²) in [6.45, 7) is 8.84. The molecule has 3 heteroatoms. The van der Waals surface area contributed by atoms with E-state index < -0.39 is 0 Å². The van der Waals surface area contributed by atoms with Crippen molar-refractivity contribution in [3.63, 3.8) is 0 Å². The largest absolute Gasteiger partial charge is 0.466 e. The Morgan fingerprint density at radius 1 is 1.31 bits per heavy atom. The first-order valence-electron chi connectivity index (χ1n) is 5.85. The van der Waals surface area contributed by atoms with Gasteiger partial charge in [0, 0.05) is 6.42 Å².